The summed E-state index contributed by atoms with van der Waals surface area (Å²) in [5.41, 5.74) is -0.587. The molecule has 25 heavy (non-hydrogen) atoms. The Hall–Kier alpha value is -2.38. The van der Waals surface area contributed by atoms with Gasteiger partial charge in [0.05, 0.1) is 5.56 Å². The van der Waals surface area contributed by atoms with Gasteiger partial charge >= 0.3 is 6.18 Å². The molecule has 1 heterocycles. The monoisotopic (exact) mass is 355 g/mol. The molecule has 0 aliphatic carbocycles. The number of aromatic nitrogens is 2. The molecule has 1 amide bonds. The quantitative estimate of drug-likeness (QED) is 0.885. The van der Waals surface area contributed by atoms with E-state index >= 15 is 0 Å². The molecule has 0 unspecified atom stereocenters. The average molecular weight is 355 g/mol. The van der Waals surface area contributed by atoms with Crippen LogP contribution in [0.4, 0.5) is 13.2 Å². The van der Waals surface area contributed by atoms with Crippen molar-refractivity contribution in [3.8, 4) is 11.4 Å². The summed E-state index contributed by atoms with van der Waals surface area (Å²) in [5, 5.41) is 6.49. The van der Waals surface area contributed by atoms with Gasteiger partial charge in [-0.1, -0.05) is 38.1 Å². The topological polar surface area (TPSA) is 68.0 Å². The van der Waals surface area contributed by atoms with Crippen LogP contribution in [0.2, 0.25) is 0 Å². The lowest BCUT2D eigenvalue weighted by atomic mass is 9.97. The summed E-state index contributed by atoms with van der Waals surface area (Å²) in [7, 11) is 0. The van der Waals surface area contributed by atoms with Crippen LogP contribution in [0.3, 0.4) is 0 Å². The van der Waals surface area contributed by atoms with Crippen molar-refractivity contribution in [3.63, 3.8) is 0 Å². The predicted octanol–water partition coefficient (Wildman–Crippen LogP) is 3.85. The highest BCUT2D eigenvalue weighted by molar-refractivity contribution is 5.76. The molecule has 0 bridgehead atoms. The van der Waals surface area contributed by atoms with Gasteiger partial charge in [-0.3, -0.25) is 4.79 Å². The van der Waals surface area contributed by atoms with Crippen LogP contribution in [0.25, 0.3) is 11.4 Å². The number of hydrogen-bond acceptors (Lipinski definition) is 4. The third kappa shape index (κ3) is 5.88. The van der Waals surface area contributed by atoms with Crippen molar-refractivity contribution in [1.29, 1.82) is 0 Å². The summed E-state index contributed by atoms with van der Waals surface area (Å²) in [6.07, 6.45) is -4.05. The van der Waals surface area contributed by atoms with E-state index < -0.39 is 11.7 Å². The Morgan fingerprint density at radius 2 is 1.96 bits per heavy atom. The molecule has 1 N–H and O–H groups in total. The number of rotatable bonds is 5. The minimum Gasteiger partial charge on any atom is -0.356 e. The molecular formula is C17H20F3N3O2. The van der Waals surface area contributed by atoms with Gasteiger partial charge in [-0.2, -0.15) is 18.2 Å². The van der Waals surface area contributed by atoms with Crippen LogP contribution < -0.4 is 5.32 Å². The Morgan fingerprint density at radius 1 is 1.24 bits per heavy atom. The molecule has 5 nitrogen and oxygen atoms in total. The number of carbonyl (C=O) groups excluding carboxylic acids is 1. The van der Waals surface area contributed by atoms with Crippen LogP contribution in [-0.4, -0.2) is 22.6 Å². The highest BCUT2D eigenvalue weighted by atomic mass is 19.4. The Bertz CT molecular complexity index is 733. The normalized spacial score (nSPS) is 12.2. The number of halogens is 3. The summed E-state index contributed by atoms with van der Waals surface area (Å²) in [4.78, 5) is 15.8. The summed E-state index contributed by atoms with van der Waals surface area (Å²) in [6, 6.07) is 4.70. The van der Waals surface area contributed by atoms with E-state index in [9.17, 15) is 18.0 Å². The Kier molecular flexibility index (Phi) is 5.49. The van der Waals surface area contributed by atoms with Crippen LogP contribution in [-0.2, 0) is 17.4 Å². The van der Waals surface area contributed by atoms with Crippen molar-refractivity contribution in [2.24, 2.45) is 5.41 Å². The van der Waals surface area contributed by atoms with Gasteiger partial charge < -0.3 is 9.84 Å². The molecule has 136 valence electrons. The molecule has 0 saturated carbocycles. The maximum absolute atomic E-state index is 12.7. The van der Waals surface area contributed by atoms with Gasteiger partial charge in [0.2, 0.25) is 17.6 Å². The molecule has 0 aliphatic rings. The van der Waals surface area contributed by atoms with Crippen molar-refractivity contribution in [3.05, 3.63) is 35.7 Å². The fourth-order valence-electron chi connectivity index (χ4n) is 1.98. The molecule has 8 heteroatoms. The van der Waals surface area contributed by atoms with Crippen LogP contribution in [0.1, 0.15) is 38.6 Å². The zero-order valence-corrected chi connectivity index (χ0v) is 14.3. The summed E-state index contributed by atoms with van der Waals surface area (Å²) in [5.74, 6) is 0.128. The molecule has 0 spiro atoms. The van der Waals surface area contributed by atoms with E-state index in [-0.39, 0.29) is 41.4 Å². The van der Waals surface area contributed by atoms with Crippen LogP contribution in [0, 0.1) is 5.41 Å². The Balaban J connectivity index is 1.98. The fourth-order valence-corrected chi connectivity index (χ4v) is 1.98. The van der Waals surface area contributed by atoms with Crippen molar-refractivity contribution in [2.45, 2.75) is 39.8 Å². The molecular weight excluding hydrogens is 335 g/mol. The molecule has 1 aromatic heterocycles. The molecule has 0 radical (unpaired) electrons. The SMILES string of the molecule is CC(C)(C)CNC(=O)CCc1nc(-c2cccc(C(F)(F)F)c2)no1. The maximum Gasteiger partial charge on any atom is 0.416 e. The minimum absolute atomic E-state index is 0.0170. The van der Waals surface area contributed by atoms with Crippen molar-refractivity contribution in [1.82, 2.24) is 15.5 Å². The number of carbonyl (C=O) groups is 1. The van der Waals surface area contributed by atoms with Crippen LogP contribution in [0.15, 0.2) is 28.8 Å². The standard InChI is InChI=1S/C17H20F3N3O2/c1-16(2,3)10-21-13(24)7-8-14-22-15(23-25-14)11-5-4-6-12(9-11)17(18,19)20/h4-6,9H,7-8,10H2,1-3H3,(H,21,24). The molecule has 0 aliphatic heterocycles. The molecule has 2 rings (SSSR count). The first-order valence-corrected chi connectivity index (χ1v) is 7.81. The second-order valence-corrected chi connectivity index (χ2v) is 6.93. The maximum atomic E-state index is 12.7. The van der Waals surface area contributed by atoms with Gasteiger partial charge in [0.15, 0.2) is 0 Å². The number of hydrogen-bond donors (Lipinski definition) is 1. The lowest BCUT2D eigenvalue weighted by Gasteiger charge is -2.18. The highest BCUT2D eigenvalue weighted by Gasteiger charge is 2.30. The number of nitrogens with one attached hydrogen (secondary N) is 1. The highest BCUT2D eigenvalue weighted by Crippen LogP contribution is 2.31. The first kappa shape index (κ1) is 19.0. The number of aryl methyl sites for hydroxylation is 1. The van der Waals surface area contributed by atoms with Crippen molar-refractivity contribution < 1.29 is 22.5 Å². The van der Waals surface area contributed by atoms with Gasteiger partial charge in [-0.25, -0.2) is 0 Å². The first-order valence-electron chi connectivity index (χ1n) is 7.81. The van der Waals surface area contributed by atoms with E-state index in [0.29, 0.717) is 6.54 Å². The fraction of sp³-hybridized carbons (Fsp3) is 0.471. The molecule has 0 fully saturated rings. The van der Waals surface area contributed by atoms with Crippen LogP contribution in [0.5, 0.6) is 0 Å². The van der Waals surface area contributed by atoms with Gasteiger partial charge in [0.1, 0.15) is 0 Å². The lowest BCUT2D eigenvalue weighted by molar-refractivity contribution is -0.137. The summed E-state index contributed by atoms with van der Waals surface area (Å²) in [6.45, 7) is 6.57. The number of alkyl halides is 3. The van der Waals surface area contributed by atoms with Crippen molar-refractivity contribution in [2.75, 3.05) is 6.54 Å². The van der Waals surface area contributed by atoms with E-state index in [1.807, 2.05) is 20.8 Å². The van der Waals surface area contributed by atoms with E-state index in [0.717, 1.165) is 12.1 Å². The molecule has 1 aromatic carbocycles. The largest absolute Gasteiger partial charge is 0.416 e. The van der Waals surface area contributed by atoms with Gasteiger partial charge in [0, 0.05) is 24.9 Å². The number of benzene rings is 1. The summed E-state index contributed by atoms with van der Waals surface area (Å²) < 4.78 is 43.3. The smallest absolute Gasteiger partial charge is 0.356 e. The van der Waals surface area contributed by atoms with E-state index in [1.165, 1.54) is 12.1 Å². The zero-order chi connectivity index (χ0) is 18.7. The Labute approximate surface area is 143 Å². The predicted molar refractivity (Wildman–Crippen MR) is 85.5 cm³/mol. The average Bonchev–Trinajstić information content (AvgIpc) is 2.98. The lowest BCUT2D eigenvalue weighted by Crippen LogP contribution is -2.32. The van der Waals surface area contributed by atoms with Gasteiger partial charge in [0.25, 0.3) is 0 Å². The zero-order valence-electron chi connectivity index (χ0n) is 14.3. The molecule has 0 atom stereocenters. The van der Waals surface area contributed by atoms with Crippen LogP contribution >= 0.6 is 0 Å². The molecule has 2 aromatic rings. The third-order valence-corrected chi connectivity index (χ3v) is 3.30. The number of nitrogens with zero attached hydrogens (tertiary/aromatic N) is 2. The number of amides is 1. The molecule has 0 saturated heterocycles. The second kappa shape index (κ2) is 7.25. The Morgan fingerprint density at radius 3 is 2.60 bits per heavy atom. The van der Waals surface area contributed by atoms with E-state index in [4.69, 9.17) is 4.52 Å². The van der Waals surface area contributed by atoms with Crippen molar-refractivity contribution >= 4 is 5.91 Å². The van der Waals surface area contributed by atoms with Gasteiger partial charge in [-0.05, 0) is 17.5 Å². The summed E-state index contributed by atoms with van der Waals surface area (Å²) >= 11 is 0. The van der Waals surface area contributed by atoms with Gasteiger partial charge in [-0.15, -0.1) is 0 Å². The second-order valence-electron chi connectivity index (χ2n) is 6.93. The minimum atomic E-state index is -4.44. The van der Waals surface area contributed by atoms with E-state index in [1.54, 1.807) is 0 Å². The third-order valence-electron chi connectivity index (χ3n) is 3.30. The first-order chi connectivity index (χ1) is 11.5. The van der Waals surface area contributed by atoms with E-state index in [2.05, 4.69) is 15.5 Å².